The van der Waals surface area contributed by atoms with E-state index in [1.165, 1.54) is 12.8 Å². The zero-order valence-corrected chi connectivity index (χ0v) is 12.5. The number of nitrogens with zero attached hydrogens (tertiary/aromatic N) is 1. The molecule has 0 saturated carbocycles. The Hall–Kier alpha value is -1.10. The van der Waals surface area contributed by atoms with Crippen molar-refractivity contribution in [2.24, 2.45) is 0 Å². The minimum atomic E-state index is -0.444. The van der Waals surface area contributed by atoms with Crippen molar-refractivity contribution < 1.29 is 9.84 Å². The van der Waals surface area contributed by atoms with E-state index in [4.69, 9.17) is 4.74 Å². The summed E-state index contributed by atoms with van der Waals surface area (Å²) in [5.41, 5.74) is 0.929. The standard InChI is InChI=1S/C16H26N2O2/c1-3-17-14-7-9-18(10-8-14)12-16(19)13-5-4-6-15(11-13)20-2/h4-6,11,14,16-17,19H,3,7-10,12H2,1-2H3. The Bertz CT molecular complexity index is 403. The van der Waals surface area contributed by atoms with Crippen LogP contribution in [0.4, 0.5) is 0 Å². The van der Waals surface area contributed by atoms with E-state index in [0.717, 1.165) is 30.9 Å². The summed E-state index contributed by atoms with van der Waals surface area (Å²) in [5, 5.41) is 13.8. The van der Waals surface area contributed by atoms with E-state index in [-0.39, 0.29) is 0 Å². The third kappa shape index (κ3) is 4.20. The van der Waals surface area contributed by atoms with E-state index >= 15 is 0 Å². The molecular formula is C16H26N2O2. The van der Waals surface area contributed by atoms with Crippen molar-refractivity contribution in [2.45, 2.75) is 31.9 Å². The molecule has 112 valence electrons. The van der Waals surface area contributed by atoms with Crippen molar-refractivity contribution in [3.63, 3.8) is 0 Å². The van der Waals surface area contributed by atoms with Crippen molar-refractivity contribution in [1.29, 1.82) is 0 Å². The number of ether oxygens (including phenoxy) is 1. The van der Waals surface area contributed by atoms with Gasteiger partial charge in [0.1, 0.15) is 5.75 Å². The van der Waals surface area contributed by atoms with Gasteiger partial charge in [-0.25, -0.2) is 0 Å². The summed E-state index contributed by atoms with van der Waals surface area (Å²) in [6.07, 6.45) is 1.89. The van der Waals surface area contributed by atoms with Gasteiger partial charge in [0.15, 0.2) is 0 Å². The van der Waals surface area contributed by atoms with E-state index in [2.05, 4.69) is 17.1 Å². The van der Waals surface area contributed by atoms with Crippen LogP contribution in [0.5, 0.6) is 5.75 Å². The zero-order valence-electron chi connectivity index (χ0n) is 12.5. The van der Waals surface area contributed by atoms with Gasteiger partial charge in [0.25, 0.3) is 0 Å². The first-order valence-electron chi connectivity index (χ1n) is 7.50. The maximum absolute atomic E-state index is 10.3. The van der Waals surface area contributed by atoms with Crippen LogP contribution in [0.1, 0.15) is 31.4 Å². The highest BCUT2D eigenvalue weighted by Gasteiger charge is 2.20. The number of β-amino-alcohol motifs (C(OH)–C–C–N with tert-alkyl or cyclic N) is 1. The van der Waals surface area contributed by atoms with Gasteiger partial charge in [-0.15, -0.1) is 0 Å². The number of aliphatic hydroxyl groups is 1. The summed E-state index contributed by atoms with van der Waals surface area (Å²) in [7, 11) is 1.65. The lowest BCUT2D eigenvalue weighted by atomic mass is 10.0. The minimum absolute atomic E-state index is 0.444. The minimum Gasteiger partial charge on any atom is -0.497 e. The van der Waals surface area contributed by atoms with Crippen molar-refractivity contribution in [1.82, 2.24) is 10.2 Å². The van der Waals surface area contributed by atoms with Crippen LogP contribution in [0, 0.1) is 0 Å². The first-order chi connectivity index (χ1) is 9.72. The molecule has 1 aliphatic rings. The Labute approximate surface area is 121 Å². The van der Waals surface area contributed by atoms with Crippen molar-refractivity contribution >= 4 is 0 Å². The summed E-state index contributed by atoms with van der Waals surface area (Å²) in [5.74, 6) is 0.799. The highest BCUT2D eigenvalue weighted by Crippen LogP contribution is 2.21. The highest BCUT2D eigenvalue weighted by atomic mass is 16.5. The molecule has 1 heterocycles. The zero-order chi connectivity index (χ0) is 14.4. The fourth-order valence-electron chi connectivity index (χ4n) is 2.81. The second-order valence-corrected chi connectivity index (χ2v) is 5.42. The third-order valence-electron chi connectivity index (χ3n) is 3.99. The molecule has 0 bridgehead atoms. The third-order valence-corrected chi connectivity index (χ3v) is 3.99. The first kappa shape index (κ1) is 15.3. The van der Waals surface area contributed by atoms with Crippen LogP contribution < -0.4 is 10.1 Å². The molecule has 1 aromatic rings. The number of aliphatic hydroxyl groups excluding tert-OH is 1. The molecule has 0 radical (unpaired) electrons. The number of benzene rings is 1. The molecule has 1 fully saturated rings. The van der Waals surface area contributed by atoms with Gasteiger partial charge in [-0.2, -0.15) is 0 Å². The number of rotatable bonds is 6. The molecule has 0 amide bonds. The molecule has 4 nitrogen and oxygen atoms in total. The molecular weight excluding hydrogens is 252 g/mol. The van der Waals surface area contributed by atoms with Crippen LogP contribution in [0.15, 0.2) is 24.3 Å². The molecule has 0 aromatic heterocycles. The molecule has 2 N–H and O–H groups in total. The molecule has 1 aliphatic heterocycles. The fraction of sp³-hybridized carbons (Fsp3) is 0.625. The molecule has 1 atom stereocenters. The van der Waals surface area contributed by atoms with Crippen LogP contribution in [-0.4, -0.2) is 49.3 Å². The molecule has 2 rings (SSSR count). The van der Waals surface area contributed by atoms with Crippen LogP contribution in [0.2, 0.25) is 0 Å². The maximum atomic E-state index is 10.3. The van der Waals surface area contributed by atoms with Crippen LogP contribution in [0.25, 0.3) is 0 Å². The molecule has 1 saturated heterocycles. The van der Waals surface area contributed by atoms with Gasteiger partial charge in [-0.3, -0.25) is 0 Å². The number of piperidine rings is 1. The monoisotopic (exact) mass is 278 g/mol. The van der Waals surface area contributed by atoms with Gasteiger partial charge in [-0.1, -0.05) is 19.1 Å². The molecule has 1 unspecified atom stereocenters. The Morgan fingerprint density at radius 2 is 2.15 bits per heavy atom. The topological polar surface area (TPSA) is 44.7 Å². The number of hydrogen-bond donors (Lipinski definition) is 2. The Morgan fingerprint density at radius 3 is 2.80 bits per heavy atom. The molecule has 20 heavy (non-hydrogen) atoms. The normalized spacial score (nSPS) is 18.9. The van der Waals surface area contributed by atoms with Crippen molar-refractivity contribution in [3.05, 3.63) is 29.8 Å². The average molecular weight is 278 g/mol. The van der Waals surface area contributed by atoms with Crippen molar-refractivity contribution in [2.75, 3.05) is 33.3 Å². The lowest BCUT2D eigenvalue weighted by Gasteiger charge is -2.33. The molecule has 0 aliphatic carbocycles. The van der Waals surface area contributed by atoms with Crippen LogP contribution >= 0.6 is 0 Å². The van der Waals surface area contributed by atoms with E-state index in [9.17, 15) is 5.11 Å². The number of nitrogens with one attached hydrogen (secondary N) is 1. The van der Waals surface area contributed by atoms with Crippen LogP contribution in [0.3, 0.4) is 0 Å². The molecule has 4 heteroatoms. The van der Waals surface area contributed by atoms with E-state index in [0.29, 0.717) is 12.6 Å². The summed E-state index contributed by atoms with van der Waals surface area (Å²) in [6.45, 7) is 6.00. The smallest absolute Gasteiger partial charge is 0.119 e. The largest absolute Gasteiger partial charge is 0.497 e. The predicted octanol–water partition coefficient (Wildman–Crippen LogP) is 1.80. The molecule has 0 spiro atoms. The van der Waals surface area contributed by atoms with Gasteiger partial charge < -0.3 is 20.1 Å². The lowest BCUT2D eigenvalue weighted by molar-refractivity contribution is 0.0942. The summed E-state index contributed by atoms with van der Waals surface area (Å²) in [4.78, 5) is 2.35. The number of hydrogen-bond acceptors (Lipinski definition) is 4. The fourth-order valence-corrected chi connectivity index (χ4v) is 2.81. The Balaban J connectivity index is 1.84. The predicted molar refractivity (Wildman–Crippen MR) is 81.1 cm³/mol. The SMILES string of the molecule is CCNC1CCN(CC(O)c2cccc(OC)c2)CC1. The summed E-state index contributed by atoms with van der Waals surface area (Å²) in [6, 6.07) is 8.34. The van der Waals surface area contributed by atoms with E-state index in [1.807, 2.05) is 24.3 Å². The van der Waals surface area contributed by atoms with Gasteiger partial charge in [0.05, 0.1) is 13.2 Å². The summed E-state index contributed by atoms with van der Waals surface area (Å²) >= 11 is 0. The van der Waals surface area contributed by atoms with E-state index in [1.54, 1.807) is 7.11 Å². The van der Waals surface area contributed by atoms with Gasteiger partial charge in [0, 0.05) is 12.6 Å². The quantitative estimate of drug-likeness (QED) is 0.833. The summed E-state index contributed by atoms with van der Waals surface area (Å²) < 4.78 is 5.20. The van der Waals surface area contributed by atoms with Gasteiger partial charge >= 0.3 is 0 Å². The Kier molecular flexibility index (Phi) is 5.83. The van der Waals surface area contributed by atoms with Gasteiger partial charge in [-0.05, 0) is 50.2 Å². The van der Waals surface area contributed by atoms with Crippen LogP contribution in [-0.2, 0) is 0 Å². The number of methoxy groups -OCH3 is 1. The maximum Gasteiger partial charge on any atom is 0.119 e. The van der Waals surface area contributed by atoms with Crippen molar-refractivity contribution in [3.8, 4) is 5.75 Å². The Morgan fingerprint density at radius 1 is 1.40 bits per heavy atom. The van der Waals surface area contributed by atoms with E-state index < -0.39 is 6.10 Å². The second-order valence-electron chi connectivity index (χ2n) is 5.42. The molecule has 1 aromatic carbocycles. The first-order valence-corrected chi connectivity index (χ1v) is 7.50. The number of likely N-dealkylation sites (tertiary alicyclic amines) is 1. The lowest BCUT2D eigenvalue weighted by Crippen LogP contribution is -2.43. The second kappa shape index (κ2) is 7.62. The van der Waals surface area contributed by atoms with Gasteiger partial charge in [0.2, 0.25) is 0 Å². The average Bonchev–Trinajstić information content (AvgIpc) is 2.49. The highest BCUT2D eigenvalue weighted by molar-refractivity contribution is 5.29.